The zero-order valence-electron chi connectivity index (χ0n) is 12.5. The van der Waals surface area contributed by atoms with Crippen LogP contribution in [0.15, 0.2) is 29.2 Å². The first kappa shape index (κ1) is 15.9. The van der Waals surface area contributed by atoms with E-state index in [4.69, 9.17) is 0 Å². The van der Waals surface area contributed by atoms with Crippen LogP contribution in [0.1, 0.15) is 17.7 Å². The standard InChI is InChI=1S/C14H20N2O4S2/c1-2-15-7-9-16(10-8-15)22(19,20)14-11-21(17,18)13-6-4-3-5-12(13)14/h3-6,14H,2,7-11H2,1H3/t14-/m1/s1. The van der Waals surface area contributed by atoms with Crippen LogP contribution in [0.5, 0.6) is 0 Å². The Labute approximate surface area is 131 Å². The maximum absolute atomic E-state index is 12.9. The third kappa shape index (κ3) is 2.58. The zero-order valence-corrected chi connectivity index (χ0v) is 14.1. The van der Waals surface area contributed by atoms with Gasteiger partial charge in [0.15, 0.2) is 9.84 Å². The van der Waals surface area contributed by atoms with Crippen LogP contribution < -0.4 is 0 Å². The summed E-state index contributed by atoms with van der Waals surface area (Å²) in [6, 6.07) is 6.43. The van der Waals surface area contributed by atoms with E-state index in [9.17, 15) is 16.8 Å². The van der Waals surface area contributed by atoms with Crippen LogP contribution >= 0.6 is 0 Å². The van der Waals surface area contributed by atoms with Crippen LogP contribution in [0.3, 0.4) is 0 Å². The van der Waals surface area contributed by atoms with Crippen molar-refractivity contribution in [1.29, 1.82) is 0 Å². The van der Waals surface area contributed by atoms with Gasteiger partial charge in [-0.2, -0.15) is 4.31 Å². The molecule has 0 radical (unpaired) electrons. The van der Waals surface area contributed by atoms with Crippen LogP contribution in [-0.2, 0) is 19.9 Å². The van der Waals surface area contributed by atoms with Gasteiger partial charge in [-0.15, -0.1) is 0 Å². The van der Waals surface area contributed by atoms with E-state index in [1.807, 2.05) is 6.92 Å². The number of sulfone groups is 1. The van der Waals surface area contributed by atoms with Gasteiger partial charge >= 0.3 is 0 Å². The van der Waals surface area contributed by atoms with Gasteiger partial charge in [0.25, 0.3) is 0 Å². The SMILES string of the molecule is CCN1CCN(S(=O)(=O)[C@@H]2CS(=O)(=O)c3ccccc32)CC1. The number of nitrogens with zero attached hydrogens (tertiary/aromatic N) is 2. The van der Waals surface area contributed by atoms with Gasteiger partial charge in [0, 0.05) is 26.2 Å². The highest BCUT2D eigenvalue weighted by Crippen LogP contribution is 2.39. The molecule has 0 aromatic heterocycles. The molecule has 22 heavy (non-hydrogen) atoms. The Hall–Kier alpha value is -0.960. The molecule has 0 unspecified atom stereocenters. The van der Waals surface area contributed by atoms with Gasteiger partial charge in [-0.3, -0.25) is 0 Å². The lowest BCUT2D eigenvalue weighted by Gasteiger charge is -2.34. The predicted molar refractivity (Wildman–Crippen MR) is 83.8 cm³/mol. The summed E-state index contributed by atoms with van der Waals surface area (Å²) in [5.41, 5.74) is 0.417. The van der Waals surface area contributed by atoms with Crippen LogP contribution in [-0.4, -0.2) is 64.5 Å². The summed E-state index contributed by atoms with van der Waals surface area (Å²) in [5.74, 6) is -0.345. The second-order valence-electron chi connectivity index (χ2n) is 5.69. The fraction of sp³-hybridized carbons (Fsp3) is 0.571. The average Bonchev–Trinajstić information content (AvgIpc) is 2.80. The summed E-state index contributed by atoms with van der Waals surface area (Å²) in [7, 11) is -7.16. The molecule has 0 N–H and O–H groups in total. The highest BCUT2D eigenvalue weighted by atomic mass is 32.2. The maximum atomic E-state index is 12.9. The molecule has 6 nitrogen and oxygen atoms in total. The molecule has 0 amide bonds. The molecule has 2 aliphatic heterocycles. The van der Waals surface area contributed by atoms with Crippen molar-refractivity contribution in [3.63, 3.8) is 0 Å². The summed E-state index contributed by atoms with van der Waals surface area (Å²) < 4.78 is 51.6. The van der Waals surface area contributed by atoms with Crippen molar-refractivity contribution in [1.82, 2.24) is 9.21 Å². The van der Waals surface area contributed by atoms with Crippen LogP contribution in [0.4, 0.5) is 0 Å². The fourth-order valence-corrected chi connectivity index (χ4v) is 7.61. The quantitative estimate of drug-likeness (QED) is 0.797. The van der Waals surface area contributed by atoms with Crippen molar-refractivity contribution in [2.24, 2.45) is 0 Å². The minimum absolute atomic E-state index is 0.163. The number of piperazine rings is 1. The minimum Gasteiger partial charge on any atom is -0.301 e. The van der Waals surface area contributed by atoms with Gasteiger partial charge in [-0.1, -0.05) is 25.1 Å². The Morgan fingerprint density at radius 3 is 2.41 bits per heavy atom. The number of fused-ring (bicyclic) bond motifs is 1. The third-order valence-electron chi connectivity index (χ3n) is 4.47. The summed E-state index contributed by atoms with van der Waals surface area (Å²) in [6.45, 7) is 5.18. The van der Waals surface area contributed by atoms with Gasteiger partial charge in [-0.25, -0.2) is 16.8 Å². The van der Waals surface area contributed by atoms with Crippen molar-refractivity contribution in [2.45, 2.75) is 17.1 Å². The Balaban J connectivity index is 1.92. The summed E-state index contributed by atoms with van der Waals surface area (Å²) >= 11 is 0. The van der Waals surface area contributed by atoms with Crippen molar-refractivity contribution in [2.75, 3.05) is 38.5 Å². The number of rotatable bonds is 3. The molecule has 3 rings (SSSR count). The highest BCUT2D eigenvalue weighted by Gasteiger charge is 2.44. The van der Waals surface area contributed by atoms with Gasteiger partial charge < -0.3 is 4.90 Å². The second kappa shape index (κ2) is 5.59. The van der Waals surface area contributed by atoms with Crippen LogP contribution in [0.2, 0.25) is 0 Å². The van der Waals surface area contributed by atoms with Gasteiger partial charge in [0.05, 0.1) is 10.6 Å². The summed E-state index contributed by atoms with van der Waals surface area (Å²) in [6.07, 6.45) is 0. The van der Waals surface area contributed by atoms with Crippen LogP contribution in [0, 0.1) is 0 Å². The molecule has 0 bridgehead atoms. The van der Waals surface area contributed by atoms with E-state index < -0.39 is 25.1 Å². The van der Waals surface area contributed by atoms with Crippen molar-refractivity contribution in [3.05, 3.63) is 29.8 Å². The molecule has 1 aromatic rings. The monoisotopic (exact) mass is 344 g/mol. The minimum atomic E-state index is -3.65. The van der Waals surface area contributed by atoms with E-state index in [-0.39, 0.29) is 10.6 Å². The Bertz CT molecular complexity index is 766. The number of benzene rings is 1. The number of hydrogen-bond acceptors (Lipinski definition) is 5. The summed E-state index contributed by atoms with van der Waals surface area (Å²) in [4.78, 5) is 2.35. The highest BCUT2D eigenvalue weighted by molar-refractivity contribution is 7.95. The van der Waals surface area contributed by atoms with E-state index >= 15 is 0 Å². The molecule has 1 aromatic carbocycles. The Morgan fingerprint density at radius 1 is 1.14 bits per heavy atom. The van der Waals surface area contributed by atoms with E-state index in [2.05, 4.69) is 4.90 Å². The molecule has 0 aliphatic carbocycles. The Morgan fingerprint density at radius 2 is 1.77 bits per heavy atom. The first-order valence-corrected chi connectivity index (χ1v) is 10.5. The lowest BCUT2D eigenvalue weighted by Crippen LogP contribution is -2.49. The van der Waals surface area contributed by atoms with E-state index in [1.54, 1.807) is 18.2 Å². The van der Waals surface area contributed by atoms with Gasteiger partial charge in [0.1, 0.15) is 5.25 Å². The molecule has 1 fully saturated rings. The average molecular weight is 344 g/mol. The Kier molecular flexibility index (Phi) is 4.05. The molecule has 2 aliphatic rings. The largest absolute Gasteiger partial charge is 0.301 e. The topological polar surface area (TPSA) is 74.8 Å². The molecular formula is C14H20N2O4S2. The zero-order chi connectivity index (χ0) is 16.0. The van der Waals surface area contributed by atoms with Gasteiger partial charge in [-0.05, 0) is 18.2 Å². The molecule has 1 saturated heterocycles. The maximum Gasteiger partial charge on any atom is 0.222 e. The second-order valence-corrected chi connectivity index (χ2v) is 9.80. The predicted octanol–water partition coefficient (Wildman–Crippen LogP) is 0.482. The molecular weight excluding hydrogens is 324 g/mol. The molecule has 122 valence electrons. The molecule has 0 spiro atoms. The van der Waals surface area contributed by atoms with Crippen LogP contribution in [0.25, 0.3) is 0 Å². The molecule has 1 atom stereocenters. The van der Waals surface area contributed by atoms with Gasteiger partial charge in [0.2, 0.25) is 10.0 Å². The molecule has 2 heterocycles. The lowest BCUT2D eigenvalue weighted by molar-refractivity contribution is 0.195. The van der Waals surface area contributed by atoms with E-state index in [0.29, 0.717) is 31.7 Å². The van der Waals surface area contributed by atoms with E-state index in [1.165, 1.54) is 10.4 Å². The number of hydrogen-bond donors (Lipinski definition) is 0. The first-order chi connectivity index (χ1) is 10.4. The van der Waals surface area contributed by atoms with Crippen molar-refractivity contribution < 1.29 is 16.8 Å². The lowest BCUT2D eigenvalue weighted by atomic mass is 10.2. The third-order valence-corrected chi connectivity index (χ3v) is 8.72. The summed E-state index contributed by atoms with van der Waals surface area (Å²) in [5, 5.41) is -0.970. The normalized spacial score (nSPS) is 26.0. The van der Waals surface area contributed by atoms with E-state index in [0.717, 1.165) is 6.54 Å². The molecule has 8 heteroatoms. The number of sulfonamides is 1. The number of likely N-dealkylation sites (N-methyl/N-ethyl adjacent to an activating group) is 1. The smallest absolute Gasteiger partial charge is 0.222 e. The van der Waals surface area contributed by atoms with Crippen molar-refractivity contribution >= 4 is 19.9 Å². The first-order valence-electron chi connectivity index (χ1n) is 7.39. The fourth-order valence-electron chi connectivity index (χ4n) is 3.14. The molecule has 0 saturated carbocycles. The van der Waals surface area contributed by atoms with Crippen molar-refractivity contribution in [3.8, 4) is 0 Å².